The number of nitro groups is 1. The number of hydrogen-bond acceptors (Lipinski definition) is 3. The zero-order valence-corrected chi connectivity index (χ0v) is 9.32. The van der Waals surface area contributed by atoms with Crippen molar-refractivity contribution in [2.75, 3.05) is 7.11 Å². The fraction of sp³-hybridized carbons (Fsp3) is 0.333. The van der Waals surface area contributed by atoms with Crippen molar-refractivity contribution in [3.8, 4) is 17.6 Å². The maximum atomic E-state index is 10.8. The molecule has 0 saturated heterocycles. The molecule has 0 aliphatic heterocycles. The molecular formula is C12H13NO3. The molecule has 0 amide bonds. The van der Waals surface area contributed by atoms with E-state index in [1.54, 1.807) is 12.1 Å². The van der Waals surface area contributed by atoms with Gasteiger partial charge in [-0.15, -0.1) is 0 Å². The Kier molecular flexibility index (Phi) is 4.34. The highest BCUT2D eigenvalue weighted by Gasteiger charge is 2.12. The highest BCUT2D eigenvalue weighted by atomic mass is 16.6. The molecule has 84 valence electrons. The first-order valence-electron chi connectivity index (χ1n) is 5.00. The van der Waals surface area contributed by atoms with Gasteiger partial charge in [-0.3, -0.25) is 10.1 Å². The van der Waals surface area contributed by atoms with Gasteiger partial charge in [-0.05, 0) is 18.6 Å². The number of hydrogen-bond donors (Lipinski definition) is 0. The van der Waals surface area contributed by atoms with E-state index in [1.807, 2.05) is 6.92 Å². The lowest BCUT2D eigenvalue weighted by Crippen LogP contribution is -1.93. The van der Waals surface area contributed by atoms with E-state index in [-0.39, 0.29) is 5.69 Å². The average Bonchev–Trinajstić information content (AvgIpc) is 2.29. The first kappa shape index (κ1) is 12.1. The summed E-state index contributed by atoms with van der Waals surface area (Å²) in [7, 11) is 1.47. The summed E-state index contributed by atoms with van der Waals surface area (Å²) in [6, 6.07) is 4.67. The van der Waals surface area contributed by atoms with Crippen LogP contribution in [0.25, 0.3) is 0 Å². The molecule has 0 bridgehead atoms. The lowest BCUT2D eigenvalue weighted by Gasteiger charge is -2.00. The van der Waals surface area contributed by atoms with Crippen LogP contribution in [0.15, 0.2) is 18.2 Å². The smallest absolute Gasteiger partial charge is 0.288 e. The Hall–Kier alpha value is -2.02. The van der Waals surface area contributed by atoms with Crippen LogP contribution in [-0.4, -0.2) is 12.0 Å². The summed E-state index contributed by atoms with van der Waals surface area (Å²) in [5.41, 5.74) is 0.419. The molecule has 0 aromatic heterocycles. The molecule has 0 heterocycles. The molecule has 1 aromatic rings. The summed E-state index contributed by atoms with van der Waals surface area (Å²) in [4.78, 5) is 10.4. The van der Waals surface area contributed by atoms with E-state index in [2.05, 4.69) is 11.8 Å². The van der Waals surface area contributed by atoms with Crippen LogP contribution in [0.4, 0.5) is 5.69 Å². The Labute approximate surface area is 94.4 Å². The van der Waals surface area contributed by atoms with Gasteiger partial charge in [0.15, 0.2) is 0 Å². The summed E-state index contributed by atoms with van der Waals surface area (Å²) in [6.45, 7) is 2.01. The third-order valence-electron chi connectivity index (χ3n) is 2.00. The van der Waals surface area contributed by atoms with Crippen LogP contribution in [0.2, 0.25) is 0 Å². The number of unbranched alkanes of at least 4 members (excludes halogenated alkanes) is 1. The van der Waals surface area contributed by atoms with E-state index in [0.717, 1.165) is 12.8 Å². The molecular weight excluding hydrogens is 206 g/mol. The topological polar surface area (TPSA) is 52.4 Å². The first-order chi connectivity index (χ1) is 7.69. The van der Waals surface area contributed by atoms with Crippen molar-refractivity contribution in [3.63, 3.8) is 0 Å². The van der Waals surface area contributed by atoms with Crippen LogP contribution in [0, 0.1) is 22.0 Å². The molecule has 0 unspecified atom stereocenters. The number of rotatable bonds is 3. The Balaban J connectivity index is 3.09. The lowest BCUT2D eigenvalue weighted by atomic mass is 10.1. The lowest BCUT2D eigenvalue weighted by molar-refractivity contribution is -0.385. The highest BCUT2D eigenvalue weighted by molar-refractivity contribution is 5.54. The van der Waals surface area contributed by atoms with Gasteiger partial charge in [-0.2, -0.15) is 0 Å². The second-order valence-electron chi connectivity index (χ2n) is 3.19. The maximum absolute atomic E-state index is 10.8. The zero-order valence-electron chi connectivity index (χ0n) is 9.32. The molecule has 0 spiro atoms. The van der Waals surface area contributed by atoms with Crippen LogP contribution in [0.1, 0.15) is 25.3 Å². The molecule has 0 N–H and O–H groups in total. The molecule has 4 heteroatoms. The number of nitro benzene ring substituents is 1. The monoisotopic (exact) mass is 219 g/mol. The molecule has 0 aliphatic rings. The maximum Gasteiger partial charge on any atom is 0.288 e. The van der Waals surface area contributed by atoms with Gasteiger partial charge in [0.2, 0.25) is 0 Å². The van der Waals surface area contributed by atoms with Gasteiger partial charge < -0.3 is 4.74 Å². The molecule has 0 saturated carbocycles. The van der Waals surface area contributed by atoms with Gasteiger partial charge in [0.05, 0.1) is 18.1 Å². The van der Waals surface area contributed by atoms with Crippen molar-refractivity contribution in [3.05, 3.63) is 33.9 Å². The Bertz CT molecular complexity index is 443. The predicted octanol–water partition coefficient (Wildman–Crippen LogP) is 2.76. The van der Waals surface area contributed by atoms with E-state index < -0.39 is 4.92 Å². The zero-order chi connectivity index (χ0) is 12.0. The van der Waals surface area contributed by atoms with E-state index in [4.69, 9.17) is 4.74 Å². The molecule has 16 heavy (non-hydrogen) atoms. The van der Waals surface area contributed by atoms with Crippen molar-refractivity contribution < 1.29 is 9.66 Å². The van der Waals surface area contributed by atoms with Crippen LogP contribution >= 0.6 is 0 Å². The quantitative estimate of drug-likeness (QED) is 0.446. The Morgan fingerprint density at radius 1 is 1.50 bits per heavy atom. The molecule has 1 rings (SSSR count). The van der Waals surface area contributed by atoms with Crippen molar-refractivity contribution in [2.24, 2.45) is 0 Å². The summed E-state index contributed by atoms with van der Waals surface area (Å²) in [5.74, 6) is 6.15. The fourth-order valence-corrected chi connectivity index (χ4v) is 1.18. The van der Waals surface area contributed by atoms with E-state index >= 15 is 0 Å². The van der Waals surface area contributed by atoms with Gasteiger partial charge in [-0.1, -0.05) is 18.8 Å². The Morgan fingerprint density at radius 3 is 2.81 bits per heavy atom. The largest absolute Gasteiger partial charge is 0.497 e. The number of ether oxygens (including phenoxy) is 1. The predicted molar refractivity (Wildman–Crippen MR) is 61.4 cm³/mol. The van der Waals surface area contributed by atoms with Crippen LogP contribution < -0.4 is 4.74 Å². The molecule has 0 atom stereocenters. The summed E-state index contributed by atoms with van der Waals surface area (Å²) in [5, 5.41) is 10.8. The van der Waals surface area contributed by atoms with Crippen molar-refractivity contribution in [1.82, 2.24) is 0 Å². The van der Waals surface area contributed by atoms with E-state index in [1.165, 1.54) is 13.2 Å². The van der Waals surface area contributed by atoms with Crippen molar-refractivity contribution >= 4 is 5.69 Å². The Morgan fingerprint density at radius 2 is 2.25 bits per heavy atom. The summed E-state index contributed by atoms with van der Waals surface area (Å²) in [6.07, 6.45) is 1.68. The second kappa shape index (κ2) is 5.76. The normalized spacial score (nSPS) is 9.12. The molecule has 4 nitrogen and oxygen atoms in total. The van der Waals surface area contributed by atoms with Crippen LogP contribution in [0.3, 0.4) is 0 Å². The number of benzene rings is 1. The molecule has 0 fully saturated rings. The third kappa shape index (κ3) is 2.99. The van der Waals surface area contributed by atoms with E-state index in [9.17, 15) is 10.1 Å². The van der Waals surface area contributed by atoms with Gasteiger partial charge in [0.25, 0.3) is 5.69 Å². The van der Waals surface area contributed by atoms with Gasteiger partial charge in [-0.25, -0.2) is 0 Å². The molecule has 1 aromatic carbocycles. The third-order valence-corrected chi connectivity index (χ3v) is 2.00. The van der Waals surface area contributed by atoms with Crippen molar-refractivity contribution in [1.29, 1.82) is 0 Å². The standard InChI is InChI=1S/C12H13NO3/c1-3-4-5-6-10-7-8-11(16-2)9-12(10)13(14)15/h7-9H,3-4H2,1-2H3. The summed E-state index contributed by atoms with van der Waals surface area (Å²) >= 11 is 0. The minimum Gasteiger partial charge on any atom is -0.497 e. The first-order valence-corrected chi connectivity index (χ1v) is 5.00. The minimum absolute atomic E-state index is 0.0112. The number of nitrogens with zero attached hydrogens (tertiary/aromatic N) is 1. The van der Waals surface area contributed by atoms with E-state index in [0.29, 0.717) is 11.3 Å². The minimum atomic E-state index is -0.446. The van der Waals surface area contributed by atoms with Gasteiger partial charge >= 0.3 is 0 Å². The molecule has 0 aliphatic carbocycles. The SMILES string of the molecule is CCCC#Cc1ccc(OC)cc1[N+](=O)[O-]. The van der Waals surface area contributed by atoms with Crippen molar-refractivity contribution in [2.45, 2.75) is 19.8 Å². The van der Waals surface area contributed by atoms with Gasteiger partial charge in [0, 0.05) is 6.42 Å². The fourth-order valence-electron chi connectivity index (χ4n) is 1.18. The molecule has 0 radical (unpaired) electrons. The van der Waals surface area contributed by atoms with Gasteiger partial charge in [0.1, 0.15) is 11.3 Å². The average molecular weight is 219 g/mol. The number of methoxy groups -OCH3 is 1. The highest BCUT2D eigenvalue weighted by Crippen LogP contribution is 2.23. The second-order valence-corrected chi connectivity index (χ2v) is 3.19. The van der Waals surface area contributed by atoms with Crippen LogP contribution in [-0.2, 0) is 0 Å². The summed E-state index contributed by atoms with van der Waals surface area (Å²) < 4.78 is 4.93. The van der Waals surface area contributed by atoms with Crippen LogP contribution in [0.5, 0.6) is 5.75 Å².